The predicted molar refractivity (Wildman–Crippen MR) is 85.1 cm³/mol. The number of aryl methyl sites for hydroxylation is 1. The van der Waals surface area contributed by atoms with E-state index in [1.807, 2.05) is 51.2 Å². The lowest BCUT2D eigenvalue weighted by Gasteiger charge is -2.17. The minimum absolute atomic E-state index is 0. The fourth-order valence-corrected chi connectivity index (χ4v) is 2.13. The van der Waals surface area contributed by atoms with E-state index in [4.69, 9.17) is 5.73 Å². The van der Waals surface area contributed by atoms with Gasteiger partial charge in [0.25, 0.3) is 0 Å². The Hall–Kier alpha value is -1.85. The van der Waals surface area contributed by atoms with Gasteiger partial charge in [-0.2, -0.15) is 5.10 Å². The van der Waals surface area contributed by atoms with Crippen molar-refractivity contribution in [2.75, 3.05) is 0 Å². The summed E-state index contributed by atoms with van der Waals surface area (Å²) in [4.78, 5) is 12.2. The number of aromatic nitrogens is 2. The molecule has 1 amide bonds. The monoisotopic (exact) mass is 308 g/mol. The second-order valence-electron chi connectivity index (χ2n) is 4.93. The highest BCUT2D eigenvalue weighted by Crippen LogP contribution is 2.17. The number of hydrogen-bond acceptors (Lipinski definition) is 3. The first-order chi connectivity index (χ1) is 9.50. The number of halogens is 1. The van der Waals surface area contributed by atoms with Gasteiger partial charge in [0.2, 0.25) is 5.91 Å². The molecule has 6 heteroatoms. The molecule has 0 aliphatic heterocycles. The maximum Gasteiger partial charge on any atom is 0.241 e. The quantitative estimate of drug-likeness (QED) is 0.907. The zero-order chi connectivity index (χ0) is 14.7. The van der Waals surface area contributed by atoms with Crippen molar-refractivity contribution in [3.05, 3.63) is 53.3 Å². The average molecular weight is 309 g/mol. The average Bonchev–Trinajstić information content (AvgIpc) is 2.79. The van der Waals surface area contributed by atoms with E-state index in [9.17, 15) is 4.79 Å². The van der Waals surface area contributed by atoms with E-state index in [0.29, 0.717) is 0 Å². The van der Waals surface area contributed by atoms with Gasteiger partial charge in [-0.25, -0.2) is 0 Å². The molecule has 2 atom stereocenters. The van der Waals surface area contributed by atoms with Gasteiger partial charge >= 0.3 is 0 Å². The first-order valence-electron chi connectivity index (χ1n) is 6.60. The third-order valence-corrected chi connectivity index (χ3v) is 3.54. The van der Waals surface area contributed by atoms with Crippen molar-refractivity contribution in [1.82, 2.24) is 15.1 Å². The molecule has 2 aromatic rings. The van der Waals surface area contributed by atoms with Crippen LogP contribution >= 0.6 is 12.4 Å². The molecule has 1 aromatic heterocycles. The van der Waals surface area contributed by atoms with Crippen molar-refractivity contribution in [3.8, 4) is 0 Å². The summed E-state index contributed by atoms with van der Waals surface area (Å²) >= 11 is 0. The van der Waals surface area contributed by atoms with Crippen molar-refractivity contribution in [2.24, 2.45) is 12.8 Å². The number of nitrogens with two attached hydrogens (primary N) is 1. The summed E-state index contributed by atoms with van der Waals surface area (Å²) in [6.45, 7) is 3.90. The molecule has 0 spiro atoms. The lowest BCUT2D eigenvalue weighted by Crippen LogP contribution is -2.35. The summed E-state index contributed by atoms with van der Waals surface area (Å²) in [5.74, 6) is -0.188. The number of nitrogens with one attached hydrogen (secondary N) is 1. The number of rotatable bonds is 4. The maximum absolute atomic E-state index is 12.2. The van der Waals surface area contributed by atoms with Crippen LogP contribution in [0, 0.1) is 6.92 Å². The topological polar surface area (TPSA) is 72.9 Å². The molecule has 114 valence electrons. The second kappa shape index (κ2) is 7.24. The van der Waals surface area contributed by atoms with Crippen molar-refractivity contribution in [2.45, 2.75) is 25.9 Å². The van der Waals surface area contributed by atoms with Crippen molar-refractivity contribution >= 4 is 18.3 Å². The van der Waals surface area contributed by atoms with E-state index in [2.05, 4.69) is 10.4 Å². The van der Waals surface area contributed by atoms with Crippen LogP contribution in [0.15, 0.2) is 36.5 Å². The largest absolute Gasteiger partial charge is 0.348 e. The van der Waals surface area contributed by atoms with Crippen LogP contribution in [0.2, 0.25) is 0 Å². The standard InChI is InChI=1S/C15H20N4O.ClH/c1-10(13-9-17-19(3)11(13)2)18-15(20)14(16)12-7-5-4-6-8-12;/h4-10,14H,16H2,1-3H3,(H,18,20);1H. The molecule has 0 radical (unpaired) electrons. The molecule has 21 heavy (non-hydrogen) atoms. The van der Waals surface area contributed by atoms with Crippen LogP contribution in [0.5, 0.6) is 0 Å². The van der Waals surface area contributed by atoms with Gasteiger partial charge in [-0.1, -0.05) is 30.3 Å². The minimum atomic E-state index is -0.657. The van der Waals surface area contributed by atoms with Crippen LogP contribution in [0.4, 0.5) is 0 Å². The molecule has 5 nitrogen and oxygen atoms in total. The van der Waals surface area contributed by atoms with Gasteiger partial charge in [0, 0.05) is 18.3 Å². The van der Waals surface area contributed by atoms with Crippen LogP contribution in [0.1, 0.15) is 35.8 Å². The third-order valence-electron chi connectivity index (χ3n) is 3.54. The Bertz CT molecular complexity index is 597. The first kappa shape index (κ1) is 17.2. The molecular weight excluding hydrogens is 288 g/mol. The highest BCUT2D eigenvalue weighted by molar-refractivity contribution is 5.85. The molecule has 0 saturated carbocycles. The van der Waals surface area contributed by atoms with Gasteiger partial charge < -0.3 is 11.1 Å². The molecule has 0 aliphatic carbocycles. The Labute approximate surface area is 130 Å². The van der Waals surface area contributed by atoms with Crippen LogP contribution in [0.25, 0.3) is 0 Å². The molecule has 2 unspecified atom stereocenters. The van der Waals surface area contributed by atoms with E-state index in [1.165, 1.54) is 0 Å². The zero-order valence-electron chi connectivity index (χ0n) is 12.4. The normalized spacial score (nSPS) is 13.1. The van der Waals surface area contributed by atoms with Gasteiger partial charge in [-0.05, 0) is 19.4 Å². The summed E-state index contributed by atoms with van der Waals surface area (Å²) < 4.78 is 1.79. The highest BCUT2D eigenvalue weighted by atomic mass is 35.5. The highest BCUT2D eigenvalue weighted by Gasteiger charge is 2.20. The molecule has 1 aromatic carbocycles. The van der Waals surface area contributed by atoms with E-state index < -0.39 is 6.04 Å². The van der Waals surface area contributed by atoms with Gasteiger partial charge in [0.05, 0.1) is 12.2 Å². The van der Waals surface area contributed by atoms with E-state index >= 15 is 0 Å². The Kier molecular flexibility index (Phi) is 5.93. The van der Waals surface area contributed by atoms with Crippen LogP contribution in [-0.2, 0) is 11.8 Å². The van der Waals surface area contributed by atoms with E-state index in [0.717, 1.165) is 16.8 Å². The van der Waals surface area contributed by atoms with Gasteiger partial charge in [-0.3, -0.25) is 9.48 Å². The van der Waals surface area contributed by atoms with Crippen LogP contribution < -0.4 is 11.1 Å². The van der Waals surface area contributed by atoms with E-state index in [1.54, 1.807) is 10.9 Å². The zero-order valence-corrected chi connectivity index (χ0v) is 13.2. The number of carbonyl (C=O) groups is 1. The summed E-state index contributed by atoms with van der Waals surface area (Å²) in [6, 6.07) is 8.57. The fraction of sp³-hybridized carbons (Fsp3) is 0.333. The first-order valence-corrected chi connectivity index (χ1v) is 6.60. The lowest BCUT2D eigenvalue weighted by molar-refractivity contribution is -0.123. The summed E-state index contributed by atoms with van der Waals surface area (Å²) in [6.07, 6.45) is 1.77. The number of carbonyl (C=O) groups excluding carboxylic acids is 1. The van der Waals surface area contributed by atoms with Crippen LogP contribution in [-0.4, -0.2) is 15.7 Å². The van der Waals surface area contributed by atoms with Gasteiger partial charge in [-0.15, -0.1) is 12.4 Å². The molecule has 2 rings (SSSR count). The molecule has 0 bridgehead atoms. The Balaban J connectivity index is 0.00000220. The molecular formula is C15H21ClN4O. The number of amides is 1. The third kappa shape index (κ3) is 3.83. The number of nitrogens with zero attached hydrogens (tertiary/aromatic N) is 2. The Morgan fingerprint density at radius 2 is 1.95 bits per heavy atom. The van der Waals surface area contributed by atoms with Crippen LogP contribution in [0.3, 0.4) is 0 Å². The van der Waals surface area contributed by atoms with E-state index in [-0.39, 0.29) is 24.4 Å². The predicted octanol–water partition coefficient (Wildman–Crippen LogP) is 2.03. The molecule has 3 N–H and O–H groups in total. The molecule has 0 aliphatic rings. The smallest absolute Gasteiger partial charge is 0.241 e. The molecule has 0 saturated heterocycles. The SMILES string of the molecule is Cc1c(C(C)NC(=O)C(N)c2ccccc2)cnn1C.Cl. The van der Waals surface area contributed by atoms with Crippen molar-refractivity contribution < 1.29 is 4.79 Å². The summed E-state index contributed by atoms with van der Waals surface area (Å²) in [5, 5.41) is 7.11. The minimum Gasteiger partial charge on any atom is -0.348 e. The van der Waals surface area contributed by atoms with Crippen molar-refractivity contribution in [3.63, 3.8) is 0 Å². The lowest BCUT2D eigenvalue weighted by atomic mass is 10.1. The maximum atomic E-state index is 12.2. The summed E-state index contributed by atoms with van der Waals surface area (Å²) in [5.41, 5.74) is 8.82. The number of benzene rings is 1. The van der Waals surface area contributed by atoms with Crippen molar-refractivity contribution in [1.29, 1.82) is 0 Å². The second-order valence-corrected chi connectivity index (χ2v) is 4.93. The molecule has 1 heterocycles. The van der Waals surface area contributed by atoms with Gasteiger partial charge in [0.1, 0.15) is 6.04 Å². The Morgan fingerprint density at radius 3 is 2.48 bits per heavy atom. The Morgan fingerprint density at radius 1 is 1.33 bits per heavy atom. The fourth-order valence-electron chi connectivity index (χ4n) is 2.13. The number of hydrogen-bond donors (Lipinski definition) is 2. The molecule has 0 fully saturated rings. The summed E-state index contributed by atoms with van der Waals surface area (Å²) in [7, 11) is 1.88. The van der Waals surface area contributed by atoms with Gasteiger partial charge in [0.15, 0.2) is 0 Å².